The molecule has 0 N–H and O–H groups in total. The van der Waals surface area contributed by atoms with Gasteiger partial charge in [0.1, 0.15) is 5.76 Å². The smallest absolute Gasteiger partial charge is 0.255 e. The lowest BCUT2D eigenvalue weighted by atomic mass is 9.93. The average Bonchev–Trinajstić information content (AvgIpc) is 2.63. The highest BCUT2D eigenvalue weighted by molar-refractivity contribution is 7.99. The van der Waals surface area contributed by atoms with Crippen LogP contribution in [-0.4, -0.2) is 10.7 Å². The molecule has 0 spiro atoms. The lowest BCUT2D eigenvalue weighted by Crippen LogP contribution is -2.12. The Bertz CT molecular complexity index is 336. The van der Waals surface area contributed by atoms with Crippen molar-refractivity contribution < 1.29 is 4.42 Å². The van der Waals surface area contributed by atoms with Crippen LogP contribution in [0.15, 0.2) is 15.8 Å². The molecule has 16 heavy (non-hydrogen) atoms. The van der Waals surface area contributed by atoms with Crippen molar-refractivity contribution in [3.8, 4) is 0 Å². The Morgan fingerprint density at radius 3 is 2.31 bits per heavy atom. The molecule has 0 fully saturated rings. The predicted molar refractivity (Wildman–Crippen MR) is 70.0 cm³/mol. The Hall–Kier alpha value is -0.440. The molecule has 0 bridgehead atoms. The van der Waals surface area contributed by atoms with E-state index in [-0.39, 0.29) is 5.41 Å². The lowest BCUT2D eigenvalue weighted by Gasteiger charge is -2.20. The van der Waals surface area contributed by atoms with E-state index < -0.39 is 0 Å². The SMILES string of the molecule is CCC(C)(C)CSc1ncc(C(C)(C)C)o1. The quantitative estimate of drug-likeness (QED) is 0.726. The molecule has 0 amide bonds. The van der Waals surface area contributed by atoms with Gasteiger partial charge in [-0.05, 0) is 5.41 Å². The van der Waals surface area contributed by atoms with Crippen molar-refractivity contribution in [2.75, 3.05) is 5.75 Å². The number of nitrogens with zero attached hydrogens (tertiary/aromatic N) is 1. The molecular weight excluding hydrogens is 218 g/mol. The number of hydrogen-bond acceptors (Lipinski definition) is 3. The highest BCUT2D eigenvalue weighted by Crippen LogP contribution is 2.31. The first-order valence-electron chi connectivity index (χ1n) is 5.84. The third kappa shape index (κ3) is 3.85. The average molecular weight is 241 g/mol. The maximum atomic E-state index is 5.74. The van der Waals surface area contributed by atoms with Crippen LogP contribution in [0.1, 0.15) is 53.7 Å². The van der Waals surface area contributed by atoms with Crippen LogP contribution in [0.4, 0.5) is 0 Å². The Morgan fingerprint density at radius 1 is 1.25 bits per heavy atom. The lowest BCUT2D eigenvalue weighted by molar-refractivity contribution is 0.352. The van der Waals surface area contributed by atoms with Crippen LogP contribution in [0.3, 0.4) is 0 Å². The fraction of sp³-hybridized carbons (Fsp3) is 0.769. The molecule has 2 nitrogen and oxygen atoms in total. The maximum absolute atomic E-state index is 5.74. The van der Waals surface area contributed by atoms with Gasteiger partial charge in [-0.3, -0.25) is 0 Å². The predicted octanol–water partition coefficient (Wildman–Crippen LogP) is 4.50. The molecule has 0 saturated carbocycles. The molecule has 1 aromatic heterocycles. The Labute approximate surface area is 103 Å². The molecule has 92 valence electrons. The Balaban J connectivity index is 2.60. The minimum Gasteiger partial charge on any atom is -0.436 e. The monoisotopic (exact) mass is 241 g/mol. The van der Waals surface area contributed by atoms with Crippen LogP contribution in [0.2, 0.25) is 0 Å². The number of thioether (sulfide) groups is 1. The van der Waals surface area contributed by atoms with Gasteiger partial charge in [-0.15, -0.1) is 0 Å². The molecule has 1 heterocycles. The molecular formula is C13H23NOS. The van der Waals surface area contributed by atoms with E-state index in [1.165, 1.54) is 6.42 Å². The van der Waals surface area contributed by atoms with E-state index in [0.717, 1.165) is 16.7 Å². The van der Waals surface area contributed by atoms with Crippen molar-refractivity contribution in [2.24, 2.45) is 5.41 Å². The Morgan fingerprint density at radius 2 is 1.88 bits per heavy atom. The summed E-state index contributed by atoms with van der Waals surface area (Å²) in [5, 5.41) is 0.798. The summed E-state index contributed by atoms with van der Waals surface area (Å²) in [5.41, 5.74) is 0.396. The summed E-state index contributed by atoms with van der Waals surface area (Å²) in [5.74, 6) is 2.01. The largest absolute Gasteiger partial charge is 0.436 e. The van der Waals surface area contributed by atoms with E-state index in [1.54, 1.807) is 11.8 Å². The molecule has 1 rings (SSSR count). The minimum atomic E-state index is 0.0477. The first-order chi connectivity index (χ1) is 7.24. The number of rotatable bonds is 4. The number of oxazole rings is 1. The van der Waals surface area contributed by atoms with Crippen LogP contribution in [0.5, 0.6) is 0 Å². The van der Waals surface area contributed by atoms with Gasteiger partial charge < -0.3 is 4.42 Å². The third-order valence-corrected chi connectivity index (χ3v) is 4.13. The zero-order valence-electron chi connectivity index (χ0n) is 11.3. The van der Waals surface area contributed by atoms with E-state index in [2.05, 4.69) is 46.5 Å². The van der Waals surface area contributed by atoms with Gasteiger partial charge in [0.2, 0.25) is 0 Å². The molecule has 0 aliphatic carbocycles. The van der Waals surface area contributed by atoms with Crippen molar-refractivity contribution in [3.63, 3.8) is 0 Å². The minimum absolute atomic E-state index is 0.0477. The highest BCUT2D eigenvalue weighted by atomic mass is 32.2. The highest BCUT2D eigenvalue weighted by Gasteiger charge is 2.21. The summed E-state index contributed by atoms with van der Waals surface area (Å²) in [4.78, 5) is 4.32. The second-order valence-corrected chi connectivity index (χ2v) is 6.97. The van der Waals surface area contributed by atoms with E-state index in [4.69, 9.17) is 4.42 Å². The summed E-state index contributed by atoms with van der Waals surface area (Å²) in [6.45, 7) is 13.2. The summed E-state index contributed by atoms with van der Waals surface area (Å²) in [6, 6.07) is 0. The van der Waals surface area contributed by atoms with E-state index in [1.807, 2.05) is 6.20 Å². The van der Waals surface area contributed by atoms with Crippen LogP contribution in [0.25, 0.3) is 0 Å². The molecule has 3 heteroatoms. The fourth-order valence-electron chi connectivity index (χ4n) is 1.03. The van der Waals surface area contributed by atoms with Gasteiger partial charge in [-0.25, -0.2) is 4.98 Å². The van der Waals surface area contributed by atoms with Gasteiger partial charge in [-0.1, -0.05) is 59.7 Å². The van der Waals surface area contributed by atoms with Gasteiger partial charge in [0, 0.05) is 11.2 Å². The normalized spacial score (nSPS) is 13.1. The van der Waals surface area contributed by atoms with Crippen molar-refractivity contribution in [3.05, 3.63) is 12.0 Å². The molecule has 0 aromatic carbocycles. The van der Waals surface area contributed by atoms with Gasteiger partial charge in [0.15, 0.2) is 0 Å². The zero-order valence-corrected chi connectivity index (χ0v) is 12.1. The third-order valence-electron chi connectivity index (χ3n) is 2.77. The van der Waals surface area contributed by atoms with Crippen molar-refractivity contribution in [2.45, 2.75) is 58.6 Å². The standard InChI is InChI=1S/C13H23NOS/c1-7-13(5,6)9-16-11-14-8-10(15-11)12(2,3)4/h8H,7,9H2,1-6H3. The molecule has 0 saturated heterocycles. The number of aromatic nitrogens is 1. The molecule has 0 unspecified atom stereocenters. The summed E-state index contributed by atoms with van der Waals surface area (Å²) in [6.07, 6.45) is 3.02. The van der Waals surface area contributed by atoms with E-state index in [9.17, 15) is 0 Å². The van der Waals surface area contributed by atoms with Crippen LogP contribution in [-0.2, 0) is 5.41 Å². The molecule has 0 aliphatic rings. The van der Waals surface area contributed by atoms with E-state index >= 15 is 0 Å². The van der Waals surface area contributed by atoms with Crippen molar-refractivity contribution >= 4 is 11.8 Å². The number of hydrogen-bond donors (Lipinski definition) is 0. The van der Waals surface area contributed by atoms with Gasteiger partial charge >= 0.3 is 0 Å². The second-order valence-electron chi connectivity index (χ2n) is 6.05. The van der Waals surface area contributed by atoms with E-state index in [0.29, 0.717) is 5.41 Å². The first kappa shape index (κ1) is 13.6. The van der Waals surface area contributed by atoms with Crippen LogP contribution in [0, 0.1) is 5.41 Å². The summed E-state index contributed by atoms with van der Waals surface area (Å²) in [7, 11) is 0. The fourth-order valence-corrected chi connectivity index (χ4v) is 2.03. The maximum Gasteiger partial charge on any atom is 0.255 e. The molecule has 0 radical (unpaired) electrons. The topological polar surface area (TPSA) is 26.0 Å². The molecule has 0 aliphatic heterocycles. The zero-order chi connectivity index (χ0) is 12.4. The molecule has 1 aromatic rings. The summed E-state index contributed by atoms with van der Waals surface area (Å²) >= 11 is 1.71. The first-order valence-corrected chi connectivity index (χ1v) is 6.82. The second kappa shape index (κ2) is 4.82. The van der Waals surface area contributed by atoms with Crippen LogP contribution < -0.4 is 0 Å². The van der Waals surface area contributed by atoms with Gasteiger partial charge in [0.05, 0.1) is 6.20 Å². The summed E-state index contributed by atoms with van der Waals surface area (Å²) < 4.78 is 5.74. The van der Waals surface area contributed by atoms with Gasteiger partial charge in [-0.2, -0.15) is 0 Å². The Kier molecular flexibility index (Phi) is 4.11. The van der Waals surface area contributed by atoms with Crippen molar-refractivity contribution in [1.29, 1.82) is 0 Å². The van der Waals surface area contributed by atoms with Crippen molar-refractivity contribution in [1.82, 2.24) is 4.98 Å². The molecule has 0 atom stereocenters. The van der Waals surface area contributed by atoms with Crippen LogP contribution >= 0.6 is 11.8 Å². The van der Waals surface area contributed by atoms with Gasteiger partial charge in [0.25, 0.3) is 5.22 Å².